The molecule has 6 nitrogen and oxygen atoms in total. The molecule has 2 aromatic rings. The van der Waals surface area contributed by atoms with Crippen molar-refractivity contribution in [2.45, 2.75) is 43.7 Å². The van der Waals surface area contributed by atoms with Crippen LogP contribution >= 0.6 is 11.8 Å². The van der Waals surface area contributed by atoms with E-state index in [1.165, 1.54) is 5.03 Å². The number of carbonyl (C=O) groups is 2. The number of allylic oxidation sites excluding steroid dienone is 1. The highest BCUT2D eigenvalue weighted by molar-refractivity contribution is 7.99. The highest BCUT2D eigenvalue weighted by Crippen LogP contribution is 2.24. The molecule has 27 heavy (non-hydrogen) atoms. The van der Waals surface area contributed by atoms with Gasteiger partial charge in [0.05, 0.1) is 5.03 Å². The summed E-state index contributed by atoms with van der Waals surface area (Å²) in [6, 6.07) is 5.57. The summed E-state index contributed by atoms with van der Waals surface area (Å²) in [5.41, 5.74) is 0.954. The zero-order valence-corrected chi connectivity index (χ0v) is 16.4. The van der Waals surface area contributed by atoms with Crippen molar-refractivity contribution in [3.05, 3.63) is 42.4 Å². The van der Waals surface area contributed by atoms with Crippen LogP contribution in [0.15, 0.2) is 47.5 Å². The van der Waals surface area contributed by atoms with Crippen LogP contribution in [0.1, 0.15) is 32.6 Å². The molecule has 0 spiro atoms. The summed E-state index contributed by atoms with van der Waals surface area (Å²) in [6.07, 6.45) is 9.92. The number of thioether (sulfide) groups is 1. The number of ketones is 1. The summed E-state index contributed by atoms with van der Waals surface area (Å²) in [6.45, 7) is 3.19. The van der Waals surface area contributed by atoms with Crippen LogP contribution in [-0.4, -0.2) is 51.4 Å². The van der Waals surface area contributed by atoms with Crippen LogP contribution < -0.4 is 0 Å². The summed E-state index contributed by atoms with van der Waals surface area (Å²) < 4.78 is 7.75. The van der Waals surface area contributed by atoms with E-state index in [0.29, 0.717) is 18.8 Å². The minimum atomic E-state index is -0.540. The zero-order chi connectivity index (χ0) is 19.1. The smallest absolute Gasteiger partial charge is 0.220 e. The largest absolute Gasteiger partial charge is 0.481 e. The van der Waals surface area contributed by atoms with E-state index >= 15 is 0 Å². The molecular formula is C20H25N3O3S. The Balaban J connectivity index is 1.48. The second kappa shape index (κ2) is 9.71. The molecule has 1 atom stereocenters. The van der Waals surface area contributed by atoms with Gasteiger partial charge < -0.3 is 4.74 Å². The van der Waals surface area contributed by atoms with Gasteiger partial charge in [0.1, 0.15) is 24.2 Å². The minimum absolute atomic E-state index is 0.376. The first-order valence-electron chi connectivity index (χ1n) is 9.35. The maximum absolute atomic E-state index is 12.0. The molecule has 1 fully saturated rings. The minimum Gasteiger partial charge on any atom is -0.481 e. The molecule has 1 unspecified atom stereocenters. The van der Waals surface area contributed by atoms with Gasteiger partial charge in [-0.3, -0.25) is 18.9 Å². The molecule has 2 aromatic heterocycles. The van der Waals surface area contributed by atoms with Crippen LogP contribution in [0, 0.1) is 0 Å². The molecule has 1 aliphatic rings. The van der Waals surface area contributed by atoms with Crippen LogP contribution in [0.3, 0.4) is 0 Å². The third-order valence-electron chi connectivity index (χ3n) is 4.53. The number of hydrogen-bond acceptors (Lipinski definition) is 6. The van der Waals surface area contributed by atoms with E-state index in [4.69, 9.17) is 4.74 Å². The lowest BCUT2D eigenvalue weighted by atomic mass is 10.1. The van der Waals surface area contributed by atoms with Crippen molar-refractivity contribution in [2.75, 3.05) is 19.0 Å². The number of aromatic nitrogens is 2. The Morgan fingerprint density at radius 3 is 3.11 bits per heavy atom. The summed E-state index contributed by atoms with van der Waals surface area (Å²) in [5, 5.41) is 1.17. The second-order valence-electron chi connectivity index (χ2n) is 6.48. The Morgan fingerprint density at radius 2 is 2.30 bits per heavy atom. The Kier molecular flexibility index (Phi) is 7.06. The van der Waals surface area contributed by atoms with Crippen LogP contribution in [-0.2, 0) is 14.3 Å². The first-order valence-corrected chi connectivity index (χ1v) is 10.3. The monoisotopic (exact) mass is 387 g/mol. The Bertz CT molecular complexity index is 818. The number of Topliss-reactive ketones (excluding diaryl/α,β-unsaturated/α-hetero) is 1. The third kappa shape index (κ3) is 4.78. The molecule has 0 bridgehead atoms. The molecule has 0 amide bonds. The van der Waals surface area contributed by atoms with E-state index in [1.807, 2.05) is 29.3 Å². The quantitative estimate of drug-likeness (QED) is 0.270. The van der Waals surface area contributed by atoms with Crippen molar-refractivity contribution in [3.8, 4) is 0 Å². The van der Waals surface area contributed by atoms with Crippen LogP contribution in [0.2, 0.25) is 0 Å². The van der Waals surface area contributed by atoms with Gasteiger partial charge in [0.2, 0.25) is 5.78 Å². The lowest BCUT2D eigenvalue weighted by Gasteiger charge is -2.18. The van der Waals surface area contributed by atoms with Gasteiger partial charge in [-0.15, -0.1) is 11.8 Å². The molecule has 3 heterocycles. The van der Waals surface area contributed by atoms with Crippen molar-refractivity contribution in [3.63, 3.8) is 0 Å². The first kappa shape index (κ1) is 19.6. The highest BCUT2D eigenvalue weighted by Gasteiger charge is 2.35. The molecule has 3 rings (SSSR count). The average Bonchev–Trinajstić information content (AvgIpc) is 3.32. The Labute approximate surface area is 163 Å². The number of rotatable bonds is 10. The molecular weight excluding hydrogens is 362 g/mol. The number of imidazole rings is 1. The van der Waals surface area contributed by atoms with Crippen molar-refractivity contribution in [1.82, 2.24) is 14.3 Å². The fourth-order valence-corrected chi connectivity index (χ4v) is 4.18. The number of aldehydes is 1. The summed E-state index contributed by atoms with van der Waals surface area (Å²) >= 11 is 1.80. The van der Waals surface area contributed by atoms with Gasteiger partial charge in [-0.05, 0) is 43.2 Å². The maximum atomic E-state index is 12.0. The Hall–Kier alpha value is -2.12. The van der Waals surface area contributed by atoms with E-state index in [2.05, 4.69) is 22.4 Å². The molecule has 0 radical (unpaired) electrons. The molecule has 144 valence electrons. The van der Waals surface area contributed by atoms with E-state index in [9.17, 15) is 9.59 Å². The van der Waals surface area contributed by atoms with Crippen molar-refractivity contribution >= 4 is 29.5 Å². The zero-order valence-electron chi connectivity index (χ0n) is 15.5. The van der Waals surface area contributed by atoms with Crippen molar-refractivity contribution in [2.24, 2.45) is 0 Å². The van der Waals surface area contributed by atoms with Gasteiger partial charge in [0, 0.05) is 18.9 Å². The molecule has 0 saturated carbocycles. The van der Waals surface area contributed by atoms with Gasteiger partial charge in [-0.1, -0.05) is 19.4 Å². The normalized spacial score (nSPS) is 18.9. The van der Waals surface area contributed by atoms with Gasteiger partial charge in [0.15, 0.2) is 6.29 Å². The van der Waals surface area contributed by atoms with Crippen LogP contribution in [0.25, 0.3) is 5.65 Å². The number of unbranched alkanes of at least 4 members (excludes halogenated alkanes) is 2. The number of ether oxygens (including phenoxy) is 1. The summed E-state index contributed by atoms with van der Waals surface area (Å²) in [7, 11) is 0. The van der Waals surface area contributed by atoms with Gasteiger partial charge in [-0.2, -0.15) is 0 Å². The number of nitrogens with zero attached hydrogens (tertiary/aromatic N) is 3. The van der Waals surface area contributed by atoms with Crippen molar-refractivity contribution < 1.29 is 14.3 Å². The fourth-order valence-electron chi connectivity index (χ4n) is 3.16. The highest BCUT2D eigenvalue weighted by atomic mass is 32.2. The number of fused-ring (bicyclic) bond motifs is 1. The maximum Gasteiger partial charge on any atom is 0.220 e. The third-order valence-corrected chi connectivity index (χ3v) is 5.65. The summed E-state index contributed by atoms with van der Waals surface area (Å²) in [5.74, 6) is 1.20. The van der Waals surface area contributed by atoms with E-state index in [-0.39, 0.29) is 0 Å². The van der Waals surface area contributed by atoms with Crippen LogP contribution in [0.5, 0.6) is 0 Å². The van der Waals surface area contributed by atoms with Gasteiger partial charge in [0.25, 0.3) is 0 Å². The first-order chi connectivity index (χ1) is 13.2. The van der Waals surface area contributed by atoms with Gasteiger partial charge >= 0.3 is 0 Å². The van der Waals surface area contributed by atoms with E-state index in [0.717, 1.165) is 43.6 Å². The SMILES string of the molecule is CCCC=C1OCN(CCCCSc2cccc3nccn23)C1C(=O)C=O. The topological polar surface area (TPSA) is 63.9 Å². The lowest BCUT2D eigenvalue weighted by molar-refractivity contribution is -0.132. The lowest BCUT2D eigenvalue weighted by Crippen LogP contribution is -2.38. The number of pyridine rings is 1. The van der Waals surface area contributed by atoms with E-state index in [1.54, 1.807) is 18.0 Å². The van der Waals surface area contributed by atoms with E-state index < -0.39 is 11.8 Å². The summed E-state index contributed by atoms with van der Waals surface area (Å²) in [4.78, 5) is 29.3. The van der Waals surface area contributed by atoms with Crippen LogP contribution in [0.4, 0.5) is 0 Å². The van der Waals surface area contributed by atoms with Gasteiger partial charge in [-0.25, -0.2) is 4.98 Å². The fraction of sp³-hybridized carbons (Fsp3) is 0.450. The standard InChI is InChI=1S/C20H25N3O3S/c1-2-3-7-17-20(16(25)14-24)22(15-26-17)11-4-5-13-27-19-9-6-8-18-21-10-12-23(18)19/h6-10,12,14,20H,2-5,11,13,15H2,1H3. The van der Waals surface area contributed by atoms with Crippen molar-refractivity contribution in [1.29, 1.82) is 0 Å². The molecule has 0 aliphatic carbocycles. The average molecular weight is 388 g/mol. The number of hydrogen-bond donors (Lipinski definition) is 0. The Morgan fingerprint density at radius 1 is 1.41 bits per heavy atom. The molecule has 1 aliphatic heterocycles. The molecule has 7 heteroatoms. The number of carbonyl (C=O) groups excluding carboxylic acids is 2. The molecule has 1 saturated heterocycles. The predicted octanol–water partition coefficient (Wildman–Crippen LogP) is 3.32. The molecule has 0 aromatic carbocycles. The second-order valence-corrected chi connectivity index (χ2v) is 7.59. The molecule has 0 N–H and O–H groups in total. The predicted molar refractivity (Wildman–Crippen MR) is 106 cm³/mol.